The minimum absolute atomic E-state index is 0.00777. The highest BCUT2D eigenvalue weighted by Crippen LogP contribution is 2.64. The van der Waals surface area contributed by atoms with Crippen LogP contribution in [0.3, 0.4) is 0 Å². The van der Waals surface area contributed by atoms with Gasteiger partial charge in [-0.2, -0.15) is 0 Å². The van der Waals surface area contributed by atoms with Gasteiger partial charge in [-0.3, -0.25) is 4.79 Å². The van der Waals surface area contributed by atoms with Crippen molar-refractivity contribution in [3.63, 3.8) is 0 Å². The van der Waals surface area contributed by atoms with Crippen molar-refractivity contribution in [2.45, 2.75) is 39.8 Å². The highest BCUT2D eigenvalue weighted by Gasteiger charge is 2.69. The largest absolute Gasteiger partial charge is 0.480 e. The van der Waals surface area contributed by atoms with Gasteiger partial charge in [0.15, 0.2) is 0 Å². The molecule has 0 bridgehead atoms. The third kappa shape index (κ3) is 2.02. The summed E-state index contributed by atoms with van der Waals surface area (Å²) in [6, 6.07) is -1.68. The number of hydrogen-bond acceptors (Lipinski definition) is 4. The molecule has 4 N–H and O–H groups in total. The van der Waals surface area contributed by atoms with E-state index < -0.39 is 23.5 Å². The average molecular weight is 284 g/mol. The molecule has 4 atom stereocenters. The van der Waals surface area contributed by atoms with E-state index in [0.29, 0.717) is 6.54 Å². The number of aliphatic hydroxyl groups is 1. The normalized spacial score (nSPS) is 32.7. The van der Waals surface area contributed by atoms with E-state index in [2.05, 4.69) is 0 Å². The summed E-state index contributed by atoms with van der Waals surface area (Å²) in [5.74, 6) is -1.10. The maximum absolute atomic E-state index is 12.5. The highest BCUT2D eigenvalue weighted by atomic mass is 16.4. The SMILES string of the molecule is CC(C)(CO)[C@H](N)C(=O)N1C[C@H]2[C@@H]([C@H]1C(=O)O)C2(C)C. The zero-order valence-corrected chi connectivity index (χ0v) is 12.5. The van der Waals surface area contributed by atoms with E-state index in [1.54, 1.807) is 13.8 Å². The molecule has 2 rings (SSSR count). The van der Waals surface area contributed by atoms with Crippen LogP contribution >= 0.6 is 0 Å². The third-order valence-corrected chi connectivity index (χ3v) is 5.26. The smallest absolute Gasteiger partial charge is 0.326 e. The summed E-state index contributed by atoms with van der Waals surface area (Å²) >= 11 is 0. The summed E-state index contributed by atoms with van der Waals surface area (Å²) in [5, 5.41) is 18.7. The Morgan fingerprint density at radius 3 is 2.45 bits per heavy atom. The number of amides is 1. The molecule has 0 aromatic carbocycles. The first-order valence-corrected chi connectivity index (χ1v) is 6.95. The van der Waals surface area contributed by atoms with Crippen LogP contribution in [-0.2, 0) is 9.59 Å². The molecular formula is C14H24N2O4. The number of nitrogens with two attached hydrogens (primary N) is 1. The second-order valence-electron chi connectivity index (χ2n) is 7.35. The van der Waals surface area contributed by atoms with E-state index in [1.807, 2.05) is 13.8 Å². The van der Waals surface area contributed by atoms with Gasteiger partial charge in [0.05, 0.1) is 12.6 Å². The van der Waals surface area contributed by atoms with Crippen molar-refractivity contribution in [3.05, 3.63) is 0 Å². The summed E-state index contributed by atoms with van der Waals surface area (Å²) in [5.41, 5.74) is 5.15. The van der Waals surface area contributed by atoms with E-state index in [-0.39, 0.29) is 29.8 Å². The fraction of sp³-hybridized carbons (Fsp3) is 0.857. The van der Waals surface area contributed by atoms with Gasteiger partial charge in [-0.15, -0.1) is 0 Å². The van der Waals surface area contributed by atoms with Crippen LogP contribution in [0.1, 0.15) is 27.7 Å². The number of aliphatic hydroxyl groups excluding tert-OH is 1. The van der Waals surface area contributed by atoms with Gasteiger partial charge in [0, 0.05) is 17.9 Å². The van der Waals surface area contributed by atoms with Gasteiger partial charge in [-0.05, 0) is 11.3 Å². The van der Waals surface area contributed by atoms with E-state index in [1.165, 1.54) is 4.90 Å². The molecule has 1 amide bonds. The fourth-order valence-corrected chi connectivity index (χ4v) is 3.41. The molecule has 2 fully saturated rings. The molecule has 0 spiro atoms. The monoisotopic (exact) mass is 284 g/mol. The highest BCUT2D eigenvalue weighted by molar-refractivity contribution is 5.89. The van der Waals surface area contributed by atoms with E-state index in [9.17, 15) is 19.8 Å². The number of carbonyl (C=O) groups excluding carboxylic acids is 1. The Morgan fingerprint density at radius 2 is 2.00 bits per heavy atom. The lowest BCUT2D eigenvalue weighted by Crippen LogP contribution is -2.56. The Morgan fingerprint density at radius 1 is 1.45 bits per heavy atom. The van der Waals surface area contributed by atoms with E-state index >= 15 is 0 Å². The molecule has 6 heteroatoms. The quantitative estimate of drug-likeness (QED) is 0.669. The zero-order chi connectivity index (χ0) is 15.5. The molecule has 2 aliphatic rings. The number of aliphatic carboxylic acids is 1. The Kier molecular flexibility index (Phi) is 3.38. The lowest BCUT2D eigenvalue weighted by atomic mass is 9.84. The van der Waals surface area contributed by atoms with Crippen LogP contribution in [0.2, 0.25) is 0 Å². The Labute approximate surface area is 118 Å². The number of nitrogens with zero attached hydrogens (tertiary/aromatic N) is 1. The van der Waals surface area contributed by atoms with Crippen molar-refractivity contribution in [2.75, 3.05) is 13.2 Å². The molecule has 1 saturated carbocycles. The van der Waals surface area contributed by atoms with Gasteiger partial charge in [0.2, 0.25) is 5.91 Å². The molecule has 1 aliphatic heterocycles. The number of hydrogen-bond donors (Lipinski definition) is 3. The van der Waals surface area contributed by atoms with Crippen LogP contribution < -0.4 is 5.73 Å². The van der Waals surface area contributed by atoms with Crippen molar-refractivity contribution in [1.29, 1.82) is 0 Å². The third-order valence-electron chi connectivity index (χ3n) is 5.26. The van der Waals surface area contributed by atoms with Crippen molar-refractivity contribution >= 4 is 11.9 Å². The first-order valence-electron chi connectivity index (χ1n) is 6.95. The standard InChI is InChI=1S/C14H24N2O4/c1-13(2,6-17)10(15)11(18)16-5-7-8(14(7,3)4)9(16)12(19)20/h7-10,17H,5-6,15H2,1-4H3,(H,19,20)/t7-,8-,9-,10+/m0/s1. The lowest BCUT2D eigenvalue weighted by molar-refractivity contribution is -0.152. The van der Waals surface area contributed by atoms with Gasteiger partial charge >= 0.3 is 5.97 Å². The van der Waals surface area contributed by atoms with Gasteiger partial charge in [-0.1, -0.05) is 27.7 Å². The molecular weight excluding hydrogens is 260 g/mol. The van der Waals surface area contributed by atoms with Crippen molar-refractivity contribution in [3.8, 4) is 0 Å². The first-order chi connectivity index (χ1) is 9.05. The average Bonchev–Trinajstić information content (AvgIpc) is 2.78. The van der Waals surface area contributed by atoms with Gasteiger partial charge < -0.3 is 20.8 Å². The second kappa shape index (κ2) is 4.43. The van der Waals surface area contributed by atoms with Gasteiger partial charge in [0.1, 0.15) is 6.04 Å². The Bertz CT molecular complexity index is 446. The molecule has 1 aliphatic carbocycles. The predicted octanol–water partition coefficient (Wildman–Crippen LogP) is -0.100. The van der Waals surface area contributed by atoms with Crippen molar-refractivity contribution in [2.24, 2.45) is 28.4 Å². The minimum Gasteiger partial charge on any atom is -0.480 e. The van der Waals surface area contributed by atoms with Crippen molar-refractivity contribution in [1.82, 2.24) is 4.90 Å². The lowest BCUT2D eigenvalue weighted by Gasteiger charge is -2.35. The Balaban J connectivity index is 2.18. The van der Waals surface area contributed by atoms with Crippen LogP contribution in [0.15, 0.2) is 0 Å². The molecule has 0 aromatic heterocycles. The molecule has 0 radical (unpaired) electrons. The molecule has 0 unspecified atom stereocenters. The number of carboxylic acid groups (broad SMARTS) is 1. The first kappa shape index (κ1) is 15.3. The fourth-order valence-electron chi connectivity index (χ4n) is 3.41. The Hall–Kier alpha value is -1.14. The number of fused-ring (bicyclic) bond motifs is 1. The molecule has 6 nitrogen and oxygen atoms in total. The number of carbonyl (C=O) groups is 2. The van der Waals surface area contributed by atoms with Crippen LogP contribution in [0.4, 0.5) is 0 Å². The molecule has 20 heavy (non-hydrogen) atoms. The number of carboxylic acids is 1. The summed E-state index contributed by atoms with van der Waals surface area (Å²) < 4.78 is 0. The minimum atomic E-state index is -0.967. The summed E-state index contributed by atoms with van der Waals surface area (Å²) in [4.78, 5) is 25.4. The van der Waals surface area contributed by atoms with Crippen LogP contribution in [0, 0.1) is 22.7 Å². The van der Waals surface area contributed by atoms with Crippen molar-refractivity contribution < 1.29 is 19.8 Å². The summed E-state index contributed by atoms with van der Waals surface area (Å²) in [7, 11) is 0. The number of piperidine rings is 1. The zero-order valence-electron chi connectivity index (χ0n) is 12.5. The molecule has 0 aromatic rings. The molecule has 1 saturated heterocycles. The van der Waals surface area contributed by atoms with Crippen LogP contribution in [-0.4, -0.2) is 52.2 Å². The molecule has 114 valence electrons. The maximum atomic E-state index is 12.5. The maximum Gasteiger partial charge on any atom is 0.326 e. The summed E-state index contributed by atoms with van der Waals surface area (Å²) in [6.45, 7) is 7.71. The topological polar surface area (TPSA) is 104 Å². The molecule has 1 heterocycles. The van der Waals surface area contributed by atoms with E-state index in [0.717, 1.165) is 0 Å². The van der Waals surface area contributed by atoms with E-state index in [4.69, 9.17) is 5.73 Å². The summed E-state index contributed by atoms with van der Waals surface area (Å²) in [6.07, 6.45) is 0. The van der Waals surface area contributed by atoms with Crippen LogP contribution in [0.5, 0.6) is 0 Å². The van der Waals surface area contributed by atoms with Gasteiger partial charge in [0.25, 0.3) is 0 Å². The second-order valence-corrected chi connectivity index (χ2v) is 7.35. The number of likely N-dealkylation sites (tertiary alicyclic amines) is 1. The predicted molar refractivity (Wildman–Crippen MR) is 72.7 cm³/mol. The number of rotatable bonds is 4. The van der Waals surface area contributed by atoms with Crippen LogP contribution in [0.25, 0.3) is 0 Å². The van der Waals surface area contributed by atoms with Gasteiger partial charge in [-0.25, -0.2) is 4.79 Å².